The Morgan fingerprint density at radius 2 is 2.13 bits per heavy atom. The molecule has 1 amide bonds. The number of amides is 1. The molecule has 0 radical (unpaired) electrons. The summed E-state index contributed by atoms with van der Waals surface area (Å²) < 4.78 is 18.0. The van der Waals surface area contributed by atoms with Crippen LogP contribution in [-0.2, 0) is 11.3 Å². The maximum Gasteiger partial charge on any atom is 0.407 e. The number of nitrogens with one attached hydrogen (secondary N) is 1. The first-order valence-electron chi connectivity index (χ1n) is 6.89. The topological polar surface area (TPSA) is 51.2 Å². The average molecular weight is 333 g/mol. The van der Waals surface area contributed by atoms with Gasteiger partial charge in [0.2, 0.25) is 0 Å². The number of hydrogen-bond donors (Lipinski definition) is 1. The summed E-state index contributed by atoms with van der Waals surface area (Å²) in [5.74, 6) is 5.00. The van der Waals surface area contributed by atoms with Crippen LogP contribution in [0.2, 0.25) is 5.15 Å². The fraction of sp³-hybridized carbons (Fsp3) is 0.176. The Labute approximate surface area is 138 Å². The number of nitrogens with zero attached hydrogens (tertiary/aromatic N) is 1. The summed E-state index contributed by atoms with van der Waals surface area (Å²) in [6.07, 6.45) is 0.895. The third-order valence-corrected chi connectivity index (χ3v) is 3.06. The number of alkyl carbamates (subject to hydrolysis) is 1. The number of halogens is 2. The van der Waals surface area contributed by atoms with Crippen molar-refractivity contribution < 1.29 is 13.9 Å². The van der Waals surface area contributed by atoms with Crippen LogP contribution in [0.15, 0.2) is 42.6 Å². The Balaban J connectivity index is 1.70. The second-order valence-electron chi connectivity index (χ2n) is 4.53. The van der Waals surface area contributed by atoms with Crippen LogP contribution in [-0.4, -0.2) is 17.6 Å². The van der Waals surface area contributed by atoms with E-state index in [0.717, 1.165) is 11.8 Å². The first-order valence-corrected chi connectivity index (χ1v) is 7.27. The van der Waals surface area contributed by atoms with E-state index in [1.54, 1.807) is 0 Å². The molecule has 0 saturated carbocycles. The molecule has 23 heavy (non-hydrogen) atoms. The van der Waals surface area contributed by atoms with Crippen LogP contribution in [0.5, 0.6) is 0 Å². The van der Waals surface area contributed by atoms with Gasteiger partial charge in [-0.2, -0.15) is 0 Å². The van der Waals surface area contributed by atoms with E-state index in [2.05, 4.69) is 22.1 Å². The van der Waals surface area contributed by atoms with Crippen molar-refractivity contribution in [2.24, 2.45) is 0 Å². The molecule has 1 aromatic carbocycles. The van der Waals surface area contributed by atoms with E-state index < -0.39 is 11.9 Å². The normalized spacial score (nSPS) is 9.65. The first-order chi connectivity index (χ1) is 11.1. The summed E-state index contributed by atoms with van der Waals surface area (Å²) in [5, 5.41) is 2.73. The molecule has 0 bridgehead atoms. The molecule has 118 valence electrons. The van der Waals surface area contributed by atoms with Crippen LogP contribution in [0.25, 0.3) is 0 Å². The SMILES string of the molecule is O=C(NCCC#Cc1cc(F)cnc1Cl)OCc1ccccc1. The molecule has 1 aromatic heterocycles. The van der Waals surface area contributed by atoms with E-state index >= 15 is 0 Å². The number of hydrogen-bond acceptors (Lipinski definition) is 3. The minimum atomic E-state index is -0.513. The third kappa shape index (κ3) is 5.97. The lowest BCUT2D eigenvalue weighted by atomic mass is 10.2. The van der Waals surface area contributed by atoms with E-state index in [9.17, 15) is 9.18 Å². The highest BCUT2D eigenvalue weighted by Crippen LogP contribution is 2.11. The highest BCUT2D eigenvalue weighted by Gasteiger charge is 2.01. The fourth-order valence-electron chi connectivity index (χ4n) is 1.67. The zero-order valence-electron chi connectivity index (χ0n) is 12.2. The van der Waals surface area contributed by atoms with Gasteiger partial charge in [0.1, 0.15) is 17.6 Å². The highest BCUT2D eigenvalue weighted by molar-refractivity contribution is 6.30. The van der Waals surface area contributed by atoms with Gasteiger partial charge in [-0.1, -0.05) is 53.8 Å². The standard InChI is InChI=1S/C17H14ClFN2O2/c18-16-14(10-15(19)11-21-16)8-4-5-9-20-17(22)23-12-13-6-2-1-3-7-13/h1-3,6-7,10-11H,5,9,12H2,(H,20,22). The molecule has 6 heteroatoms. The van der Waals surface area contributed by atoms with Crippen molar-refractivity contribution in [3.63, 3.8) is 0 Å². The van der Waals surface area contributed by atoms with Crippen LogP contribution in [0.3, 0.4) is 0 Å². The number of rotatable bonds is 4. The van der Waals surface area contributed by atoms with Crippen molar-refractivity contribution in [3.05, 3.63) is 64.7 Å². The molecule has 4 nitrogen and oxygen atoms in total. The van der Waals surface area contributed by atoms with Gasteiger partial charge in [-0.25, -0.2) is 14.2 Å². The molecular formula is C17H14ClFN2O2. The zero-order chi connectivity index (χ0) is 16.5. The van der Waals surface area contributed by atoms with E-state index in [4.69, 9.17) is 16.3 Å². The molecule has 0 atom stereocenters. The molecular weight excluding hydrogens is 319 g/mol. The van der Waals surface area contributed by atoms with Crippen LogP contribution < -0.4 is 5.32 Å². The second kappa shape index (κ2) is 8.76. The Bertz CT molecular complexity index is 726. The summed E-state index contributed by atoms with van der Waals surface area (Å²) in [6, 6.07) is 10.6. The molecule has 0 spiro atoms. The molecule has 1 heterocycles. The second-order valence-corrected chi connectivity index (χ2v) is 4.89. The van der Waals surface area contributed by atoms with Crippen LogP contribution >= 0.6 is 11.6 Å². The van der Waals surface area contributed by atoms with Gasteiger partial charge in [0, 0.05) is 13.0 Å². The van der Waals surface area contributed by atoms with Crippen molar-refractivity contribution in [1.82, 2.24) is 10.3 Å². The smallest absolute Gasteiger partial charge is 0.407 e. The monoisotopic (exact) mass is 332 g/mol. The van der Waals surface area contributed by atoms with Gasteiger partial charge in [-0.3, -0.25) is 0 Å². The third-order valence-electron chi connectivity index (χ3n) is 2.76. The molecule has 0 saturated heterocycles. The largest absolute Gasteiger partial charge is 0.445 e. The molecule has 2 rings (SSSR count). The average Bonchev–Trinajstić information content (AvgIpc) is 2.56. The summed E-state index contributed by atoms with van der Waals surface area (Å²) in [6.45, 7) is 0.532. The molecule has 0 unspecified atom stereocenters. The van der Waals surface area contributed by atoms with Gasteiger partial charge >= 0.3 is 6.09 Å². The van der Waals surface area contributed by atoms with E-state index in [-0.39, 0.29) is 11.8 Å². The lowest BCUT2D eigenvalue weighted by Crippen LogP contribution is -2.24. The van der Waals surface area contributed by atoms with Crippen LogP contribution in [0.1, 0.15) is 17.5 Å². The molecule has 2 aromatic rings. The number of pyridine rings is 1. The maximum atomic E-state index is 13.0. The molecule has 0 aliphatic heterocycles. The minimum Gasteiger partial charge on any atom is -0.445 e. The Hall–Kier alpha value is -2.58. The lowest BCUT2D eigenvalue weighted by Gasteiger charge is -2.05. The van der Waals surface area contributed by atoms with Gasteiger partial charge in [0.25, 0.3) is 0 Å². The number of aromatic nitrogens is 1. The predicted octanol–water partition coefficient (Wildman–Crippen LogP) is 3.54. The lowest BCUT2D eigenvalue weighted by molar-refractivity contribution is 0.140. The van der Waals surface area contributed by atoms with Gasteiger partial charge in [-0.05, 0) is 11.6 Å². The Kier molecular flexibility index (Phi) is 6.40. The van der Waals surface area contributed by atoms with Crippen molar-refractivity contribution in [2.75, 3.05) is 6.54 Å². The number of ether oxygens (including phenoxy) is 1. The highest BCUT2D eigenvalue weighted by atomic mass is 35.5. The van der Waals surface area contributed by atoms with E-state index in [0.29, 0.717) is 18.5 Å². The van der Waals surface area contributed by atoms with E-state index in [1.165, 1.54) is 6.07 Å². The summed E-state index contributed by atoms with van der Waals surface area (Å²) in [5.41, 5.74) is 1.23. The van der Waals surface area contributed by atoms with Gasteiger partial charge in [-0.15, -0.1) is 0 Å². The summed E-state index contributed by atoms with van der Waals surface area (Å²) in [7, 11) is 0. The first kappa shape index (κ1) is 16.8. The van der Waals surface area contributed by atoms with Crippen molar-refractivity contribution in [2.45, 2.75) is 13.0 Å². The number of carbonyl (C=O) groups excluding carboxylic acids is 1. The summed E-state index contributed by atoms with van der Waals surface area (Å²) >= 11 is 5.79. The van der Waals surface area contributed by atoms with Crippen molar-refractivity contribution in [3.8, 4) is 11.8 Å². The summed E-state index contributed by atoms with van der Waals surface area (Å²) in [4.78, 5) is 15.1. The van der Waals surface area contributed by atoms with Gasteiger partial charge in [0.05, 0.1) is 11.8 Å². The van der Waals surface area contributed by atoms with Gasteiger partial charge < -0.3 is 10.1 Å². The van der Waals surface area contributed by atoms with Crippen LogP contribution in [0.4, 0.5) is 9.18 Å². The van der Waals surface area contributed by atoms with Crippen molar-refractivity contribution >= 4 is 17.7 Å². The van der Waals surface area contributed by atoms with Crippen molar-refractivity contribution in [1.29, 1.82) is 0 Å². The zero-order valence-corrected chi connectivity index (χ0v) is 12.9. The Morgan fingerprint density at radius 3 is 2.91 bits per heavy atom. The number of benzene rings is 1. The number of carbonyl (C=O) groups is 1. The quantitative estimate of drug-likeness (QED) is 0.529. The van der Waals surface area contributed by atoms with Crippen LogP contribution in [0, 0.1) is 17.7 Å². The fourth-order valence-corrected chi connectivity index (χ4v) is 1.82. The Morgan fingerprint density at radius 1 is 1.35 bits per heavy atom. The van der Waals surface area contributed by atoms with E-state index in [1.807, 2.05) is 30.3 Å². The maximum absolute atomic E-state index is 13.0. The molecule has 1 N–H and O–H groups in total. The van der Waals surface area contributed by atoms with Gasteiger partial charge in [0.15, 0.2) is 0 Å². The predicted molar refractivity (Wildman–Crippen MR) is 85.3 cm³/mol. The minimum absolute atomic E-state index is 0.147. The molecule has 0 aliphatic rings. The molecule has 0 fully saturated rings. The molecule has 0 aliphatic carbocycles.